The number of halogens is 1. The van der Waals surface area contributed by atoms with E-state index >= 15 is 0 Å². The monoisotopic (exact) mass is 311 g/mol. The molecule has 1 unspecified atom stereocenters. The Balaban J connectivity index is 2.29. The zero-order valence-electron chi connectivity index (χ0n) is 12.9. The lowest BCUT2D eigenvalue weighted by Gasteiger charge is -2.31. The van der Waals surface area contributed by atoms with Crippen LogP contribution in [0, 0.1) is 5.82 Å². The van der Waals surface area contributed by atoms with Crippen molar-refractivity contribution in [3.63, 3.8) is 0 Å². The van der Waals surface area contributed by atoms with Crippen LogP contribution in [0.1, 0.15) is 15.9 Å². The third kappa shape index (κ3) is 2.26. The highest BCUT2D eigenvalue weighted by Gasteiger charge is 2.46. The minimum atomic E-state index is -0.366. The molecule has 0 bridgehead atoms. The Morgan fingerprint density at radius 3 is 2.43 bits per heavy atom. The largest absolute Gasteiger partial charge is 0.433 e. The number of fused-ring (bicyclic) bond motifs is 1. The zero-order valence-corrected chi connectivity index (χ0v) is 12.9. The lowest BCUT2D eigenvalue weighted by Crippen LogP contribution is -2.49. The lowest BCUT2D eigenvalue weighted by molar-refractivity contribution is 0.112. The summed E-state index contributed by atoms with van der Waals surface area (Å²) in [7, 11) is 3.34. The number of urea groups is 1. The maximum absolute atomic E-state index is 13.3. The van der Waals surface area contributed by atoms with E-state index in [1.54, 1.807) is 44.6 Å². The van der Waals surface area contributed by atoms with E-state index < -0.39 is 0 Å². The second kappa shape index (κ2) is 5.44. The molecule has 1 atom stereocenters. The summed E-state index contributed by atoms with van der Waals surface area (Å²) in [4.78, 5) is 25.6. The van der Waals surface area contributed by atoms with Gasteiger partial charge in [0.15, 0.2) is 11.4 Å². The Kier molecular flexibility index (Phi) is 3.58. The van der Waals surface area contributed by atoms with E-state index in [0.717, 1.165) is 11.8 Å². The van der Waals surface area contributed by atoms with Gasteiger partial charge in [-0.25, -0.2) is 9.18 Å². The van der Waals surface area contributed by atoms with E-state index in [9.17, 15) is 14.0 Å². The molecule has 3 rings (SSSR count). The van der Waals surface area contributed by atoms with Crippen molar-refractivity contribution in [1.82, 2.24) is 9.38 Å². The van der Waals surface area contributed by atoms with Gasteiger partial charge in [0.25, 0.3) is 0 Å². The molecule has 2 aromatic carbocycles. The van der Waals surface area contributed by atoms with Crippen LogP contribution in [0.2, 0.25) is 0 Å². The number of rotatable bonds is 2. The first-order valence-corrected chi connectivity index (χ1v) is 7.15. The van der Waals surface area contributed by atoms with Gasteiger partial charge in [0.05, 0.1) is 0 Å². The third-order valence-electron chi connectivity index (χ3n) is 3.97. The molecule has 0 saturated carbocycles. The molecule has 2 aromatic rings. The van der Waals surface area contributed by atoms with Gasteiger partial charge in [0, 0.05) is 49.5 Å². The SMILES string of the molecule is CN(C)C(=O)[N+]1(c2ccc(F)cc2)C=Cc2ccc(C=O)cc21. The van der Waals surface area contributed by atoms with Crippen molar-refractivity contribution in [3.05, 3.63) is 65.6 Å². The second-order valence-corrected chi connectivity index (χ2v) is 5.63. The first kappa shape index (κ1) is 15.1. The van der Waals surface area contributed by atoms with Gasteiger partial charge in [-0.15, -0.1) is 4.48 Å². The second-order valence-electron chi connectivity index (χ2n) is 5.63. The number of quaternary nitrogens is 1. The molecular weight excluding hydrogens is 295 g/mol. The van der Waals surface area contributed by atoms with E-state index in [4.69, 9.17) is 0 Å². The molecule has 0 aliphatic carbocycles. The molecule has 0 aromatic heterocycles. The number of amides is 2. The molecule has 23 heavy (non-hydrogen) atoms. The summed E-state index contributed by atoms with van der Waals surface area (Å²) in [6.45, 7) is 0. The molecule has 1 heterocycles. The van der Waals surface area contributed by atoms with Crippen LogP contribution in [0.3, 0.4) is 0 Å². The van der Waals surface area contributed by atoms with E-state index in [0.29, 0.717) is 16.9 Å². The van der Waals surface area contributed by atoms with E-state index in [2.05, 4.69) is 0 Å². The Bertz CT molecular complexity index is 812. The summed E-state index contributed by atoms with van der Waals surface area (Å²) in [5, 5.41) is 0. The smallest absolute Gasteiger partial charge is 0.298 e. The molecule has 0 saturated heterocycles. The molecule has 0 fully saturated rings. The third-order valence-corrected chi connectivity index (χ3v) is 3.97. The Hall–Kier alpha value is -2.79. The fraction of sp³-hybridized carbons (Fsp3) is 0.111. The molecule has 5 heteroatoms. The molecule has 1 aliphatic rings. The average molecular weight is 311 g/mol. The Morgan fingerprint density at radius 1 is 1.13 bits per heavy atom. The maximum Gasteiger partial charge on any atom is 0.433 e. The van der Waals surface area contributed by atoms with Crippen molar-refractivity contribution < 1.29 is 14.0 Å². The lowest BCUT2D eigenvalue weighted by atomic mass is 10.1. The van der Waals surface area contributed by atoms with Crippen LogP contribution in [0.4, 0.5) is 20.6 Å². The number of carbonyl (C=O) groups excluding carboxylic acids is 2. The van der Waals surface area contributed by atoms with Crippen molar-refractivity contribution in [1.29, 1.82) is 0 Å². The quantitative estimate of drug-likeness (QED) is 0.622. The van der Waals surface area contributed by atoms with Crippen LogP contribution >= 0.6 is 0 Å². The molecule has 116 valence electrons. The highest BCUT2D eigenvalue weighted by Crippen LogP contribution is 2.44. The predicted molar refractivity (Wildman–Crippen MR) is 87.8 cm³/mol. The van der Waals surface area contributed by atoms with Gasteiger partial charge in [0.1, 0.15) is 18.3 Å². The number of carbonyl (C=O) groups is 2. The van der Waals surface area contributed by atoms with E-state index in [-0.39, 0.29) is 16.3 Å². The van der Waals surface area contributed by atoms with Crippen molar-refractivity contribution in [3.8, 4) is 0 Å². The predicted octanol–water partition coefficient (Wildman–Crippen LogP) is 3.94. The summed E-state index contributed by atoms with van der Waals surface area (Å²) in [6.07, 6.45) is 4.35. The minimum absolute atomic E-state index is 0.199. The number of hydrogen-bond donors (Lipinski definition) is 0. The van der Waals surface area contributed by atoms with Gasteiger partial charge >= 0.3 is 6.03 Å². The van der Waals surface area contributed by atoms with Gasteiger partial charge in [-0.05, 0) is 18.2 Å². The fourth-order valence-corrected chi connectivity index (χ4v) is 2.85. The highest BCUT2D eigenvalue weighted by molar-refractivity contribution is 6.01. The molecule has 0 N–H and O–H groups in total. The highest BCUT2D eigenvalue weighted by atomic mass is 19.1. The summed E-state index contributed by atoms with van der Waals surface area (Å²) < 4.78 is 13.1. The fourth-order valence-electron chi connectivity index (χ4n) is 2.85. The topological polar surface area (TPSA) is 37.4 Å². The molecule has 2 amide bonds. The van der Waals surface area contributed by atoms with Crippen LogP contribution in [-0.4, -0.2) is 31.3 Å². The molecular formula is C18H16FN2O2+. The van der Waals surface area contributed by atoms with Crippen molar-refractivity contribution in [2.24, 2.45) is 0 Å². The number of nitrogens with zero attached hydrogens (tertiary/aromatic N) is 2. The summed E-state index contributed by atoms with van der Waals surface area (Å²) in [6, 6.07) is 10.8. The van der Waals surface area contributed by atoms with Crippen LogP contribution in [0.5, 0.6) is 0 Å². The van der Waals surface area contributed by atoms with E-state index in [1.807, 2.05) is 12.1 Å². The van der Waals surface area contributed by atoms with Gasteiger partial charge in [-0.2, -0.15) is 0 Å². The first-order chi connectivity index (χ1) is 11.0. The molecule has 0 spiro atoms. The summed E-state index contributed by atoms with van der Waals surface area (Å²) in [5.41, 5.74) is 2.64. The van der Waals surface area contributed by atoms with Crippen LogP contribution in [0.15, 0.2) is 48.7 Å². The van der Waals surface area contributed by atoms with E-state index in [1.165, 1.54) is 17.0 Å². The summed E-state index contributed by atoms with van der Waals surface area (Å²) in [5.74, 6) is -0.366. The maximum atomic E-state index is 13.3. The normalized spacial score (nSPS) is 18.6. The van der Waals surface area contributed by atoms with Crippen LogP contribution < -0.4 is 4.48 Å². The van der Waals surface area contributed by atoms with Gasteiger partial charge < -0.3 is 0 Å². The molecule has 1 aliphatic heterocycles. The standard InChI is InChI=1S/C18H16FN2O2/c1-20(2)18(23)21(16-7-5-15(19)6-8-16)10-9-14-4-3-13(12-22)11-17(14)21/h3-12H,1-2H3/q+1. The Labute approximate surface area is 133 Å². The van der Waals surface area contributed by atoms with Crippen LogP contribution in [-0.2, 0) is 0 Å². The molecule has 0 radical (unpaired) electrons. The van der Waals surface area contributed by atoms with Gasteiger partial charge in [-0.1, -0.05) is 6.07 Å². The number of aldehydes is 1. The minimum Gasteiger partial charge on any atom is -0.298 e. The Morgan fingerprint density at radius 2 is 1.83 bits per heavy atom. The van der Waals surface area contributed by atoms with Crippen molar-refractivity contribution in [2.75, 3.05) is 14.1 Å². The van der Waals surface area contributed by atoms with Gasteiger partial charge in [-0.3, -0.25) is 9.69 Å². The van der Waals surface area contributed by atoms with Gasteiger partial charge in [0.2, 0.25) is 0 Å². The first-order valence-electron chi connectivity index (χ1n) is 7.15. The number of benzene rings is 2. The zero-order chi connectivity index (χ0) is 16.6. The number of hydrogen-bond acceptors (Lipinski definition) is 2. The van der Waals surface area contributed by atoms with Crippen molar-refractivity contribution in [2.45, 2.75) is 0 Å². The summed E-state index contributed by atoms with van der Waals surface area (Å²) >= 11 is 0. The molecule has 4 nitrogen and oxygen atoms in total. The average Bonchev–Trinajstić information content (AvgIpc) is 2.94. The van der Waals surface area contributed by atoms with Crippen LogP contribution in [0.25, 0.3) is 6.08 Å². The van der Waals surface area contributed by atoms with Crippen molar-refractivity contribution >= 4 is 29.8 Å².